The highest BCUT2D eigenvalue weighted by Gasteiger charge is 2.10. The minimum absolute atomic E-state index is 0.225. The zero-order valence-corrected chi connectivity index (χ0v) is 9.24. The molecule has 1 aromatic rings. The molecule has 0 saturated heterocycles. The average Bonchev–Trinajstić information content (AvgIpc) is 2.29. The number of benzene rings is 1. The van der Waals surface area contributed by atoms with E-state index in [0.29, 0.717) is 11.5 Å². The third-order valence-corrected chi connectivity index (χ3v) is 1.93. The Hall–Kier alpha value is -2.15. The van der Waals surface area contributed by atoms with Crippen LogP contribution in [0, 0.1) is 11.8 Å². The number of primary amides is 1. The average molecular weight is 219 g/mol. The molecule has 0 heterocycles. The molecule has 84 valence electrons. The number of rotatable bonds is 4. The quantitative estimate of drug-likeness (QED) is 0.774. The maximum atomic E-state index is 11.2. The van der Waals surface area contributed by atoms with E-state index in [1.807, 2.05) is 0 Å². The van der Waals surface area contributed by atoms with E-state index in [1.165, 1.54) is 13.2 Å². The number of carbonyl (C=O) groups is 1. The van der Waals surface area contributed by atoms with Crippen LogP contribution in [0.1, 0.15) is 17.3 Å². The predicted octanol–water partition coefficient (Wildman–Crippen LogP) is 1.20. The van der Waals surface area contributed by atoms with Crippen LogP contribution in [0.5, 0.6) is 11.5 Å². The number of carbonyl (C=O) groups excluding carboxylic acids is 1. The number of nitrogens with two attached hydrogens (primary N) is 1. The molecule has 0 spiro atoms. The van der Waals surface area contributed by atoms with Crippen molar-refractivity contribution in [2.24, 2.45) is 5.73 Å². The van der Waals surface area contributed by atoms with Crippen molar-refractivity contribution in [3.05, 3.63) is 23.8 Å². The molecule has 0 aliphatic rings. The Morgan fingerprint density at radius 3 is 2.81 bits per heavy atom. The highest BCUT2D eigenvalue weighted by molar-refractivity contribution is 5.96. The second-order valence-corrected chi connectivity index (χ2v) is 2.94. The van der Waals surface area contributed by atoms with Crippen LogP contribution in [-0.2, 0) is 0 Å². The SMILES string of the molecule is CC#CCOc1ccc(OC)cc1C(N)=O. The van der Waals surface area contributed by atoms with Gasteiger partial charge in [-0.25, -0.2) is 0 Å². The standard InChI is InChI=1S/C12H13NO3/c1-3-4-7-16-11-6-5-9(15-2)8-10(11)12(13)14/h5-6,8H,7H2,1-2H3,(H2,13,14). The molecule has 0 bridgehead atoms. The Kier molecular flexibility index (Phi) is 4.22. The van der Waals surface area contributed by atoms with Crippen molar-refractivity contribution in [3.8, 4) is 23.3 Å². The fourth-order valence-corrected chi connectivity index (χ4v) is 1.14. The molecule has 0 aliphatic heterocycles. The van der Waals surface area contributed by atoms with Crippen LogP contribution in [0.4, 0.5) is 0 Å². The van der Waals surface area contributed by atoms with Gasteiger partial charge in [0.1, 0.15) is 18.1 Å². The maximum absolute atomic E-state index is 11.2. The first-order valence-electron chi connectivity index (χ1n) is 4.69. The highest BCUT2D eigenvalue weighted by atomic mass is 16.5. The number of amides is 1. The van der Waals surface area contributed by atoms with Gasteiger partial charge in [0.15, 0.2) is 0 Å². The summed E-state index contributed by atoms with van der Waals surface area (Å²) in [7, 11) is 1.52. The second-order valence-electron chi connectivity index (χ2n) is 2.94. The Morgan fingerprint density at radius 2 is 2.25 bits per heavy atom. The molecule has 16 heavy (non-hydrogen) atoms. The summed E-state index contributed by atoms with van der Waals surface area (Å²) in [5.74, 6) is 5.84. The van der Waals surface area contributed by atoms with Crippen LogP contribution in [0.15, 0.2) is 18.2 Å². The predicted molar refractivity (Wildman–Crippen MR) is 60.5 cm³/mol. The van der Waals surface area contributed by atoms with Gasteiger partial charge in [0, 0.05) is 0 Å². The lowest BCUT2D eigenvalue weighted by Gasteiger charge is -2.08. The Balaban J connectivity index is 2.96. The third-order valence-electron chi connectivity index (χ3n) is 1.93. The van der Waals surface area contributed by atoms with Crippen LogP contribution in [0.3, 0.4) is 0 Å². The number of ether oxygens (including phenoxy) is 2. The molecule has 1 aromatic carbocycles. The van der Waals surface area contributed by atoms with Crippen molar-refractivity contribution >= 4 is 5.91 Å². The van der Waals surface area contributed by atoms with E-state index in [-0.39, 0.29) is 12.2 Å². The zero-order chi connectivity index (χ0) is 12.0. The largest absolute Gasteiger partial charge is 0.497 e. The molecule has 4 nitrogen and oxygen atoms in total. The van der Waals surface area contributed by atoms with Gasteiger partial charge in [0.05, 0.1) is 12.7 Å². The zero-order valence-electron chi connectivity index (χ0n) is 9.24. The van der Waals surface area contributed by atoms with Gasteiger partial charge >= 0.3 is 0 Å². The van der Waals surface area contributed by atoms with Gasteiger partial charge in [-0.1, -0.05) is 5.92 Å². The summed E-state index contributed by atoms with van der Waals surface area (Å²) in [5, 5.41) is 0. The van der Waals surface area contributed by atoms with E-state index in [2.05, 4.69) is 11.8 Å². The molecule has 0 atom stereocenters. The minimum Gasteiger partial charge on any atom is -0.497 e. The fourth-order valence-electron chi connectivity index (χ4n) is 1.14. The first kappa shape index (κ1) is 11.9. The molecule has 0 saturated carbocycles. The van der Waals surface area contributed by atoms with Crippen molar-refractivity contribution in [1.82, 2.24) is 0 Å². The molecule has 0 aromatic heterocycles. The van der Waals surface area contributed by atoms with Crippen molar-refractivity contribution in [2.75, 3.05) is 13.7 Å². The molecular formula is C12H13NO3. The van der Waals surface area contributed by atoms with E-state index in [4.69, 9.17) is 15.2 Å². The van der Waals surface area contributed by atoms with Crippen molar-refractivity contribution in [1.29, 1.82) is 0 Å². The van der Waals surface area contributed by atoms with E-state index >= 15 is 0 Å². The smallest absolute Gasteiger partial charge is 0.252 e. The third kappa shape index (κ3) is 2.92. The van der Waals surface area contributed by atoms with E-state index in [1.54, 1.807) is 19.1 Å². The summed E-state index contributed by atoms with van der Waals surface area (Å²) in [6, 6.07) is 4.87. The lowest BCUT2D eigenvalue weighted by molar-refractivity contribution is 0.0996. The minimum atomic E-state index is -0.557. The van der Waals surface area contributed by atoms with Gasteiger partial charge in [-0.2, -0.15) is 0 Å². The maximum Gasteiger partial charge on any atom is 0.252 e. The van der Waals surface area contributed by atoms with Crippen molar-refractivity contribution in [3.63, 3.8) is 0 Å². The Morgan fingerprint density at radius 1 is 1.50 bits per heavy atom. The monoisotopic (exact) mass is 219 g/mol. The Labute approximate surface area is 94.3 Å². The highest BCUT2D eigenvalue weighted by Crippen LogP contribution is 2.23. The summed E-state index contributed by atoms with van der Waals surface area (Å²) in [4.78, 5) is 11.2. The van der Waals surface area contributed by atoms with Crippen LogP contribution in [0.25, 0.3) is 0 Å². The van der Waals surface area contributed by atoms with Gasteiger partial charge in [0.25, 0.3) is 5.91 Å². The summed E-state index contributed by atoms with van der Waals surface area (Å²) in [5.41, 5.74) is 5.52. The molecule has 1 rings (SSSR count). The normalized spacial score (nSPS) is 8.88. The van der Waals surface area contributed by atoms with Gasteiger partial charge in [-0.15, -0.1) is 5.92 Å². The number of methoxy groups -OCH3 is 1. The molecular weight excluding hydrogens is 206 g/mol. The molecule has 4 heteroatoms. The first-order chi connectivity index (χ1) is 7.69. The van der Waals surface area contributed by atoms with Gasteiger partial charge in [-0.05, 0) is 25.1 Å². The van der Waals surface area contributed by atoms with Gasteiger partial charge in [0.2, 0.25) is 0 Å². The molecule has 2 N–H and O–H groups in total. The van der Waals surface area contributed by atoms with Crippen LogP contribution in [-0.4, -0.2) is 19.6 Å². The molecule has 0 aliphatic carbocycles. The fraction of sp³-hybridized carbons (Fsp3) is 0.250. The lowest BCUT2D eigenvalue weighted by Crippen LogP contribution is -2.13. The van der Waals surface area contributed by atoms with Crippen LogP contribution in [0.2, 0.25) is 0 Å². The topological polar surface area (TPSA) is 61.6 Å². The second kappa shape index (κ2) is 5.66. The van der Waals surface area contributed by atoms with E-state index in [9.17, 15) is 4.79 Å². The summed E-state index contributed by atoms with van der Waals surface area (Å²) < 4.78 is 10.3. The van der Waals surface area contributed by atoms with E-state index in [0.717, 1.165) is 0 Å². The van der Waals surface area contributed by atoms with Gasteiger partial charge in [-0.3, -0.25) is 4.79 Å². The van der Waals surface area contributed by atoms with Crippen LogP contribution < -0.4 is 15.2 Å². The lowest BCUT2D eigenvalue weighted by atomic mass is 10.2. The van der Waals surface area contributed by atoms with Crippen LogP contribution >= 0.6 is 0 Å². The summed E-state index contributed by atoms with van der Waals surface area (Å²) in [6.45, 7) is 1.94. The number of hydrogen-bond donors (Lipinski definition) is 1. The molecule has 0 unspecified atom stereocenters. The molecule has 1 amide bonds. The molecule has 0 fully saturated rings. The molecule has 0 radical (unpaired) electrons. The van der Waals surface area contributed by atoms with Gasteiger partial charge < -0.3 is 15.2 Å². The van der Waals surface area contributed by atoms with Crippen molar-refractivity contribution in [2.45, 2.75) is 6.92 Å². The first-order valence-corrected chi connectivity index (χ1v) is 4.69. The van der Waals surface area contributed by atoms with E-state index < -0.39 is 5.91 Å². The van der Waals surface area contributed by atoms with Crippen molar-refractivity contribution < 1.29 is 14.3 Å². The number of hydrogen-bond acceptors (Lipinski definition) is 3. The Bertz CT molecular complexity index is 443. The summed E-state index contributed by atoms with van der Waals surface area (Å²) >= 11 is 0. The summed E-state index contributed by atoms with van der Waals surface area (Å²) in [6.07, 6.45) is 0.